The summed E-state index contributed by atoms with van der Waals surface area (Å²) in [6, 6.07) is 8.66. The van der Waals surface area contributed by atoms with Gasteiger partial charge in [-0.1, -0.05) is 11.2 Å². The van der Waals surface area contributed by atoms with E-state index in [-0.39, 0.29) is 23.2 Å². The zero-order valence-electron chi connectivity index (χ0n) is 16.0. The fourth-order valence-electron chi connectivity index (χ4n) is 3.34. The highest BCUT2D eigenvalue weighted by Gasteiger charge is 2.27. The molecule has 0 fully saturated rings. The van der Waals surface area contributed by atoms with E-state index in [0.29, 0.717) is 12.4 Å². The fourth-order valence-corrected chi connectivity index (χ4v) is 5.16. The van der Waals surface area contributed by atoms with Crippen molar-refractivity contribution >= 4 is 33.0 Å². The molecular weight excluding hydrogens is 412 g/mol. The minimum Gasteiger partial charge on any atom is -0.337 e. The number of thiophene rings is 1. The number of carbonyl (C=O) groups is 1. The van der Waals surface area contributed by atoms with Gasteiger partial charge in [0.25, 0.3) is 0 Å². The summed E-state index contributed by atoms with van der Waals surface area (Å²) in [6.45, 7) is 2.14. The number of rotatable bonds is 5. The highest BCUT2D eigenvalue weighted by Crippen LogP contribution is 2.30. The SMILES string of the molecule is CC(=O)N1CCCc2cc(S(=O)(=O)N(C)Cc3nc(-c4cccs4)no3)ccc21. The molecule has 1 amide bonds. The molecule has 0 saturated carbocycles. The van der Waals surface area contributed by atoms with Crippen LogP contribution >= 0.6 is 11.3 Å². The first kappa shape index (κ1) is 19.7. The van der Waals surface area contributed by atoms with Crippen LogP contribution in [0, 0.1) is 0 Å². The number of benzene rings is 1. The molecule has 0 spiro atoms. The number of anilines is 1. The maximum atomic E-state index is 13.0. The third-order valence-corrected chi connectivity index (χ3v) is 7.49. The average molecular weight is 433 g/mol. The second kappa shape index (κ2) is 7.69. The Balaban J connectivity index is 1.56. The second-order valence-electron chi connectivity index (χ2n) is 6.81. The van der Waals surface area contributed by atoms with Gasteiger partial charge in [0.05, 0.1) is 16.3 Å². The summed E-state index contributed by atoms with van der Waals surface area (Å²) < 4.78 is 32.5. The summed E-state index contributed by atoms with van der Waals surface area (Å²) in [7, 11) is -2.27. The van der Waals surface area contributed by atoms with Crippen LogP contribution in [0.5, 0.6) is 0 Å². The molecule has 29 heavy (non-hydrogen) atoms. The number of hydrogen-bond donors (Lipinski definition) is 0. The molecule has 4 rings (SSSR count). The summed E-state index contributed by atoms with van der Waals surface area (Å²) in [6.07, 6.45) is 1.54. The van der Waals surface area contributed by atoms with Crippen LogP contribution in [0.25, 0.3) is 10.7 Å². The van der Waals surface area contributed by atoms with Crippen LogP contribution in [-0.4, -0.2) is 42.4 Å². The van der Waals surface area contributed by atoms with Crippen LogP contribution in [0.4, 0.5) is 5.69 Å². The van der Waals surface area contributed by atoms with E-state index in [1.165, 1.54) is 35.7 Å². The van der Waals surface area contributed by atoms with Gasteiger partial charge in [-0.25, -0.2) is 8.42 Å². The molecule has 0 radical (unpaired) electrons. The molecule has 0 unspecified atom stereocenters. The summed E-state index contributed by atoms with van der Waals surface area (Å²) in [5.74, 6) is 0.621. The lowest BCUT2D eigenvalue weighted by Gasteiger charge is -2.29. The van der Waals surface area contributed by atoms with Crippen molar-refractivity contribution in [1.82, 2.24) is 14.4 Å². The van der Waals surface area contributed by atoms with Crippen molar-refractivity contribution in [3.63, 3.8) is 0 Å². The number of fused-ring (bicyclic) bond motifs is 1. The van der Waals surface area contributed by atoms with E-state index in [9.17, 15) is 13.2 Å². The van der Waals surface area contributed by atoms with Crippen molar-refractivity contribution in [1.29, 1.82) is 0 Å². The number of aryl methyl sites for hydroxylation is 1. The van der Waals surface area contributed by atoms with Crippen molar-refractivity contribution < 1.29 is 17.7 Å². The van der Waals surface area contributed by atoms with E-state index in [1.54, 1.807) is 17.0 Å². The summed E-state index contributed by atoms with van der Waals surface area (Å²) in [5, 5.41) is 5.82. The molecule has 152 valence electrons. The highest BCUT2D eigenvalue weighted by molar-refractivity contribution is 7.89. The molecule has 0 bridgehead atoms. The molecular formula is C19H20N4O4S2. The Morgan fingerprint density at radius 3 is 2.90 bits per heavy atom. The normalized spacial score (nSPS) is 14.2. The van der Waals surface area contributed by atoms with Crippen LogP contribution in [0.15, 0.2) is 45.1 Å². The Hall–Kier alpha value is -2.56. The van der Waals surface area contributed by atoms with Crippen LogP contribution in [0.2, 0.25) is 0 Å². The van der Waals surface area contributed by atoms with Gasteiger partial charge < -0.3 is 9.42 Å². The Morgan fingerprint density at radius 1 is 1.34 bits per heavy atom. The molecule has 1 aromatic carbocycles. The van der Waals surface area contributed by atoms with E-state index in [1.807, 2.05) is 17.5 Å². The van der Waals surface area contributed by atoms with Crippen molar-refractivity contribution in [2.45, 2.75) is 31.2 Å². The number of amides is 1. The Morgan fingerprint density at radius 2 is 2.17 bits per heavy atom. The predicted octanol–water partition coefficient (Wildman–Crippen LogP) is 2.92. The first-order chi connectivity index (χ1) is 13.9. The largest absolute Gasteiger partial charge is 0.337 e. The minimum absolute atomic E-state index is 0.0304. The Kier molecular flexibility index (Phi) is 5.24. The van der Waals surface area contributed by atoms with Gasteiger partial charge in [0.1, 0.15) is 0 Å². The minimum atomic E-state index is -3.75. The van der Waals surface area contributed by atoms with Crippen LogP contribution in [-0.2, 0) is 27.8 Å². The van der Waals surface area contributed by atoms with Crippen molar-refractivity contribution in [3.8, 4) is 10.7 Å². The van der Waals surface area contributed by atoms with Gasteiger partial charge in [-0.2, -0.15) is 9.29 Å². The van der Waals surface area contributed by atoms with Crippen LogP contribution < -0.4 is 4.90 Å². The number of nitrogens with zero attached hydrogens (tertiary/aromatic N) is 4. The molecule has 0 saturated heterocycles. The average Bonchev–Trinajstić information content (AvgIpc) is 3.38. The van der Waals surface area contributed by atoms with Crippen LogP contribution in [0.1, 0.15) is 24.8 Å². The molecule has 1 aliphatic heterocycles. The zero-order chi connectivity index (χ0) is 20.6. The molecule has 0 atom stereocenters. The van der Waals surface area contributed by atoms with Gasteiger partial charge in [-0.15, -0.1) is 11.3 Å². The van der Waals surface area contributed by atoms with E-state index in [0.717, 1.165) is 29.0 Å². The molecule has 8 nitrogen and oxygen atoms in total. The van der Waals surface area contributed by atoms with E-state index >= 15 is 0 Å². The molecule has 3 aromatic rings. The maximum absolute atomic E-state index is 13.0. The first-order valence-electron chi connectivity index (χ1n) is 9.10. The highest BCUT2D eigenvalue weighted by atomic mass is 32.2. The van der Waals surface area contributed by atoms with Gasteiger partial charge in [0.15, 0.2) is 0 Å². The third kappa shape index (κ3) is 3.83. The number of carbonyl (C=O) groups excluding carboxylic acids is 1. The van der Waals surface area contributed by atoms with Gasteiger partial charge in [-0.05, 0) is 48.1 Å². The predicted molar refractivity (Wildman–Crippen MR) is 109 cm³/mol. The van der Waals surface area contributed by atoms with Crippen molar-refractivity contribution in [2.75, 3.05) is 18.5 Å². The van der Waals surface area contributed by atoms with Gasteiger partial charge in [0.2, 0.25) is 27.6 Å². The molecule has 0 aliphatic carbocycles. The zero-order valence-corrected chi connectivity index (χ0v) is 17.7. The Labute approximate surface area is 172 Å². The number of aromatic nitrogens is 2. The lowest BCUT2D eigenvalue weighted by molar-refractivity contribution is -0.116. The maximum Gasteiger partial charge on any atom is 0.243 e. The fraction of sp³-hybridized carbons (Fsp3) is 0.316. The van der Waals surface area contributed by atoms with Gasteiger partial charge in [-0.3, -0.25) is 4.79 Å². The first-order valence-corrected chi connectivity index (χ1v) is 11.4. The lowest BCUT2D eigenvalue weighted by atomic mass is 10.0. The van der Waals surface area contributed by atoms with E-state index in [2.05, 4.69) is 10.1 Å². The molecule has 10 heteroatoms. The number of sulfonamides is 1. The van der Waals surface area contributed by atoms with Crippen molar-refractivity contribution in [2.24, 2.45) is 0 Å². The number of hydrogen-bond acceptors (Lipinski definition) is 7. The van der Waals surface area contributed by atoms with Crippen molar-refractivity contribution in [3.05, 3.63) is 47.2 Å². The standard InChI is InChI=1S/C19H20N4O4S2/c1-13(24)23-9-3-5-14-11-15(7-8-16(14)23)29(25,26)22(2)12-18-20-19(21-27-18)17-6-4-10-28-17/h4,6-8,10-11H,3,5,9,12H2,1-2H3. The van der Waals surface area contributed by atoms with Gasteiger partial charge >= 0.3 is 0 Å². The van der Waals surface area contributed by atoms with E-state index in [4.69, 9.17) is 4.52 Å². The summed E-state index contributed by atoms with van der Waals surface area (Å²) >= 11 is 1.48. The monoisotopic (exact) mass is 432 g/mol. The third-order valence-electron chi connectivity index (χ3n) is 4.83. The van der Waals surface area contributed by atoms with Gasteiger partial charge in [0, 0.05) is 26.2 Å². The van der Waals surface area contributed by atoms with Crippen LogP contribution in [0.3, 0.4) is 0 Å². The quantitative estimate of drug-likeness (QED) is 0.615. The molecule has 2 aromatic heterocycles. The topological polar surface area (TPSA) is 96.6 Å². The smallest absolute Gasteiger partial charge is 0.243 e. The summed E-state index contributed by atoms with van der Waals surface area (Å²) in [4.78, 5) is 18.8. The summed E-state index contributed by atoms with van der Waals surface area (Å²) in [5.41, 5.74) is 1.64. The lowest BCUT2D eigenvalue weighted by Crippen LogP contribution is -2.34. The Bertz CT molecular complexity index is 1140. The molecule has 3 heterocycles. The second-order valence-corrected chi connectivity index (χ2v) is 9.81. The molecule has 0 N–H and O–H groups in total. The van der Waals surface area contributed by atoms with E-state index < -0.39 is 10.0 Å². The molecule has 1 aliphatic rings.